The van der Waals surface area contributed by atoms with Crippen LogP contribution in [0, 0.1) is 0 Å². The molecule has 1 aromatic heterocycles. The number of carbonyl (C=O) groups excluding carboxylic acids is 2. The van der Waals surface area contributed by atoms with Crippen molar-refractivity contribution in [3.63, 3.8) is 0 Å². The molecule has 2 aromatic carbocycles. The quantitative estimate of drug-likeness (QED) is 0.237. The van der Waals surface area contributed by atoms with Gasteiger partial charge in [-0.1, -0.05) is 25.5 Å². The second-order valence-electron chi connectivity index (χ2n) is 6.71. The van der Waals surface area contributed by atoms with E-state index in [-0.39, 0.29) is 5.69 Å². The van der Waals surface area contributed by atoms with E-state index in [1.54, 1.807) is 30.3 Å². The van der Waals surface area contributed by atoms with Gasteiger partial charge in [0.05, 0.1) is 31.2 Å². The minimum absolute atomic E-state index is 0.288. The van der Waals surface area contributed by atoms with E-state index in [1.165, 1.54) is 13.3 Å². The number of aromatic amines is 1. The number of unbranched alkanes of at least 4 members (excludes halogenated alkanes) is 1. The van der Waals surface area contributed by atoms with Gasteiger partial charge in [-0.25, -0.2) is 10.2 Å². The fourth-order valence-electron chi connectivity index (χ4n) is 2.69. The smallest absolute Gasteiger partial charge is 0.337 e. The van der Waals surface area contributed by atoms with Crippen LogP contribution in [0.15, 0.2) is 59.7 Å². The van der Waals surface area contributed by atoms with Crippen molar-refractivity contribution in [1.29, 1.82) is 0 Å². The van der Waals surface area contributed by atoms with Crippen molar-refractivity contribution in [2.24, 2.45) is 5.10 Å². The highest BCUT2D eigenvalue weighted by Gasteiger charge is 2.10. The summed E-state index contributed by atoms with van der Waals surface area (Å²) in [5.74, 6) is -0.0224. The second kappa shape index (κ2) is 10.7. The number of hydrazone groups is 1. The Morgan fingerprint density at radius 3 is 2.55 bits per heavy atom. The molecule has 0 radical (unpaired) electrons. The number of hydrogen-bond donors (Lipinski definition) is 2. The normalized spacial score (nSPS) is 10.8. The summed E-state index contributed by atoms with van der Waals surface area (Å²) in [7, 11) is 1.33. The summed E-state index contributed by atoms with van der Waals surface area (Å²) in [4.78, 5) is 23.7. The Morgan fingerprint density at radius 2 is 1.87 bits per heavy atom. The van der Waals surface area contributed by atoms with E-state index < -0.39 is 11.9 Å². The maximum atomic E-state index is 12.3. The second-order valence-corrected chi connectivity index (χ2v) is 6.71. The third-order valence-electron chi connectivity index (χ3n) is 4.45. The minimum Gasteiger partial charge on any atom is -0.494 e. The average molecular weight is 420 g/mol. The molecule has 8 nitrogen and oxygen atoms in total. The van der Waals surface area contributed by atoms with Crippen LogP contribution in [0.25, 0.3) is 11.3 Å². The summed E-state index contributed by atoms with van der Waals surface area (Å²) >= 11 is 0. The molecule has 0 spiro atoms. The highest BCUT2D eigenvalue weighted by atomic mass is 16.5. The van der Waals surface area contributed by atoms with E-state index in [2.05, 4.69) is 32.4 Å². The van der Waals surface area contributed by atoms with Crippen molar-refractivity contribution in [3.8, 4) is 17.0 Å². The Labute approximate surface area is 180 Å². The molecule has 8 heteroatoms. The van der Waals surface area contributed by atoms with Crippen LogP contribution in [0.4, 0.5) is 0 Å². The van der Waals surface area contributed by atoms with Crippen LogP contribution >= 0.6 is 0 Å². The lowest BCUT2D eigenvalue weighted by atomic mass is 10.1. The zero-order valence-electron chi connectivity index (χ0n) is 17.4. The standard InChI is InChI=1S/C23H24N4O4/c1-3-4-13-31-19-11-9-17(10-12-19)20-14-21(26-25-20)22(28)27-24-15-16-5-7-18(8-6-16)23(29)30-2/h5-12,14-15H,3-4,13H2,1-2H3,(H,25,26)(H,27,28)/b24-15+. The number of H-pyrrole nitrogens is 1. The average Bonchev–Trinajstić information content (AvgIpc) is 3.30. The number of hydrogen-bond acceptors (Lipinski definition) is 6. The maximum Gasteiger partial charge on any atom is 0.337 e. The Balaban J connectivity index is 1.56. The maximum absolute atomic E-state index is 12.3. The number of amides is 1. The van der Waals surface area contributed by atoms with Crippen molar-refractivity contribution < 1.29 is 19.1 Å². The van der Waals surface area contributed by atoms with Crippen LogP contribution in [0.1, 0.15) is 46.2 Å². The lowest BCUT2D eigenvalue weighted by Gasteiger charge is -2.05. The van der Waals surface area contributed by atoms with E-state index in [0.29, 0.717) is 17.9 Å². The number of rotatable bonds is 9. The predicted molar refractivity (Wildman–Crippen MR) is 117 cm³/mol. The number of nitrogens with zero attached hydrogens (tertiary/aromatic N) is 2. The van der Waals surface area contributed by atoms with Crippen LogP contribution in [-0.2, 0) is 4.74 Å². The molecule has 2 N–H and O–H groups in total. The number of methoxy groups -OCH3 is 1. The molecular formula is C23H24N4O4. The lowest BCUT2D eigenvalue weighted by Crippen LogP contribution is -2.18. The molecule has 0 aliphatic carbocycles. The molecule has 0 saturated carbocycles. The summed E-state index contributed by atoms with van der Waals surface area (Å²) < 4.78 is 10.3. The fourth-order valence-corrected chi connectivity index (χ4v) is 2.69. The highest BCUT2D eigenvalue weighted by Crippen LogP contribution is 2.21. The third-order valence-corrected chi connectivity index (χ3v) is 4.45. The molecular weight excluding hydrogens is 396 g/mol. The topological polar surface area (TPSA) is 106 Å². The largest absolute Gasteiger partial charge is 0.494 e. The number of ether oxygens (including phenoxy) is 2. The molecule has 0 fully saturated rings. The molecule has 3 rings (SSSR count). The Bertz CT molecular complexity index is 1040. The Hall–Kier alpha value is -3.94. The predicted octanol–water partition coefficient (Wildman–Crippen LogP) is 3.81. The Morgan fingerprint density at radius 1 is 1.13 bits per heavy atom. The zero-order chi connectivity index (χ0) is 22.1. The van der Waals surface area contributed by atoms with Crippen molar-refractivity contribution >= 4 is 18.1 Å². The molecule has 0 saturated heterocycles. The molecule has 0 aliphatic rings. The summed E-state index contributed by atoms with van der Waals surface area (Å²) in [6.45, 7) is 2.81. The van der Waals surface area contributed by atoms with Crippen molar-refractivity contribution in [3.05, 3.63) is 71.4 Å². The molecule has 31 heavy (non-hydrogen) atoms. The first-order valence-corrected chi connectivity index (χ1v) is 9.91. The van der Waals surface area contributed by atoms with E-state index in [9.17, 15) is 9.59 Å². The summed E-state index contributed by atoms with van der Waals surface area (Å²) in [6.07, 6.45) is 3.58. The van der Waals surface area contributed by atoms with Crippen LogP contribution in [-0.4, -0.2) is 42.0 Å². The third kappa shape index (κ3) is 6.02. The van der Waals surface area contributed by atoms with Gasteiger partial charge in [-0.15, -0.1) is 0 Å². The van der Waals surface area contributed by atoms with Gasteiger partial charge in [0.15, 0.2) is 0 Å². The molecule has 0 aliphatic heterocycles. The fraction of sp³-hybridized carbons (Fsp3) is 0.217. The molecule has 0 atom stereocenters. The van der Waals surface area contributed by atoms with Gasteiger partial charge in [-0.05, 0) is 54.4 Å². The molecule has 0 bridgehead atoms. The van der Waals surface area contributed by atoms with E-state index in [1.807, 2.05) is 24.3 Å². The molecule has 3 aromatic rings. The number of carbonyl (C=O) groups is 2. The highest BCUT2D eigenvalue weighted by molar-refractivity contribution is 5.94. The van der Waals surface area contributed by atoms with Gasteiger partial charge in [0.2, 0.25) is 0 Å². The first-order chi connectivity index (χ1) is 15.1. The van der Waals surface area contributed by atoms with Crippen molar-refractivity contribution in [2.75, 3.05) is 13.7 Å². The molecule has 1 amide bonds. The first-order valence-electron chi connectivity index (χ1n) is 9.91. The van der Waals surface area contributed by atoms with Gasteiger partial charge < -0.3 is 9.47 Å². The van der Waals surface area contributed by atoms with Crippen LogP contribution in [0.2, 0.25) is 0 Å². The van der Waals surface area contributed by atoms with E-state index >= 15 is 0 Å². The summed E-state index contributed by atoms with van der Waals surface area (Å²) in [5, 5.41) is 10.8. The first kappa shape index (κ1) is 21.8. The van der Waals surface area contributed by atoms with Crippen LogP contribution in [0.5, 0.6) is 5.75 Å². The number of esters is 1. The number of benzene rings is 2. The summed E-state index contributed by atoms with van der Waals surface area (Å²) in [5.41, 5.74) is 5.41. The van der Waals surface area contributed by atoms with Gasteiger partial charge >= 0.3 is 5.97 Å². The van der Waals surface area contributed by atoms with E-state index in [4.69, 9.17) is 4.74 Å². The molecule has 0 unspecified atom stereocenters. The van der Waals surface area contributed by atoms with E-state index in [0.717, 1.165) is 29.7 Å². The number of nitrogens with one attached hydrogen (secondary N) is 2. The van der Waals surface area contributed by atoms with Gasteiger partial charge in [0.25, 0.3) is 5.91 Å². The summed E-state index contributed by atoms with van der Waals surface area (Å²) in [6, 6.07) is 15.9. The lowest BCUT2D eigenvalue weighted by molar-refractivity contribution is 0.0600. The number of aromatic nitrogens is 2. The van der Waals surface area contributed by atoms with Gasteiger partial charge in [-0.3, -0.25) is 9.89 Å². The molecule has 1 heterocycles. The van der Waals surface area contributed by atoms with Crippen molar-refractivity contribution in [2.45, 2.75) is 19.8 Å². The zero-order valence-corrected chi connectivity index (χ0v) is 17.4. The van der Waals surface area contributed by atoms with Crippen LogP contribution in [0.3, 0.4) is 0 Å². The monoisotopic (exact) mass is 420 g/mol. The minimum atomic E-state index is -0.416. The van der Waals surface area contributed by atoms with Crippen molar-refractivity contribution in [1.82, 2.24) is 15.6 Å². The van der Waals surface area contributed by atoms with Crippen LogP contribution < -0.4 is 10.2 Å². The SMILES string of the molecule is CCCCOc1ccc(-c2cc(C(=O)N/N=C/c3ccc(C(=O)OC)cc3)[nH]n2)cc1. The Kier molecular flexibility index (Phi) is 7.53. The molecule has 160 valence electrons. The van der Waals surface area contributed by atoms with Gasteiger partial charge in [0.1, 0.15) is 11.4 Å². The van der Waals surface area contributed by atoms with Gasteiger partial charge in [0, 0.05) is 5.56 Å². The van der Waals surface area contributed by atoms with Gasteiger partial charge in [-0.2, -0.15) is 10.2 Å².